The molecule has 0 unspecified atom stereocenters. The third-order valence-corrected chi connectivity index (χ3v) is 6.81. The maximum atomic E-state index is 12.6. The number of carbonyl (C=O) groups excluding carboxylic acids is 1. The molecule has 29 heavy (non-hydrogen) atoms. The summed E-state index contributed by atoms with van der Waals surface area (Å²) in [6.45, 7) is 3.90. The minimum absolute atomic E-state index is 0.0205. The Bertz CT molecular complexity index is 1150. The smallest absolute Gasteiger partial charge is 0.283 e. The number of amides is 1. The van der Waals surface area contributed by atoms with Crippen molar-refractivity contribution in [1.29, 1.82) is 5.41 Å². The molecule has 4 rings (SSSR count). The van der Waals surface area contributed by atoms with Gasteiger partial charge in [-0.15, -0.1) is 16.9 Å². The molecular weight excluding hydrogens is 449 g/mol. The van der Waals surface area contributed by atoms with E-state index in [9.17, 15) is 4.79 Å². The molecule has 0 radical (unpaired) electrons. The molecule has 0 saturated heterocycles. The first-order valence-corrected chi connectivity index (χ1v) is 11.3. The molecule has 0 aliphatic carbocycles. The summed E-state index contributed by atoms with van der Waals surface area (Å²) in [7, 11) is 0. The first-order chi connectivity index (χ1) is 13.8. The highest BCUT2D eigenvalue weighted by Crippen LogP contribution is 2.32. The van der Waals surface area contributed by atoms with E-state index in [1.54, 1.807) is 12.1 Å². The first kappa shape index (κ1) is 20.3. The van der Waals surface area contributed by atoms with E-state index in [2.05, 4.69) is 10.1 Å². The molecule has 0 spiro atoms. The fourth-order valence-corrected chi connectivity index (χ4v) is 5.07. The second kappa shape index (κ2) is 7.68. The standard InChI is InChI=1S/C19H15Cl2N5OS2/c1-9-4-11(10(2)25(9)14-7-12(20)6-13(21)8-14)5-15-16(22)26-18(23-17(15)27)29-19(24-26)28-3/h4-8,22H,1-3H3/b15-5+,22-16?. The molecule has 0 atom stereocenters. The summed E-state index contributed by atoms with van der Waals surface area (Å²) < 4.78 is 2.75. The average Bonchev–Trinajstić information content (AvgIpc) is 3.18. The molecule has 148 valence electrons. The molecule has 1 aromatic carbocycles. The number of halogens is 2. The van der Waals surface area contributed by atoms with Gasteiger partial charge in [0, 0.05) is 27.1 Å². The largest absolute Gasteiger partial charge is 0.318 e. The van der Waals surface area contributed by atoms with Gasteiger partial charge < -0.3 is 4.57 Å². The molecule has 3 heterocycles. The van der Waals surface area contributed by atoms with Crippen LogP contribution >= 0.6 is 46.7 Å². The number of aryl methyl sites for hydroxylation is 1. The van der Waals surface area contributed by atoms with Crippen LogP contribution in [0.4, 0.5) is 0 Å². The van der Waals surface area contributed by atoms with Gasteiger partial charge in [0.15, 0.2) is 10.2 Å². The van der Waals surface area contributed by atoms with Crippen molar-refractivity contribution in [2.75, 3.05) is 6.26 Å². The van der Waals surface area contributed by atoms with E-state index >= 15 is 0 Å². The third kappa shape index (κ3) is 3.66. The number of aromatic nitrogens is 1. The van der Waals surface area contributed by atoms with Crippen LogP contribution in [0.5, 0.6) is 0 Å². The molecular formula is C19H15Cl2N5OS2. The van der Waals surface area contributed by atoms with Gasteiger partial charge in [-0.25, -0.2) is 0 Å². The lowest BCUT2D eigenvalue weighted by atomic mass is 10.1. The Morgan fingerprint density at radius 2 is 1.86 bits per heavy atom. The summed E-state index contributed by atoms with van der Waals surface area (Å²) in [6.07, 6.45) is 3.58. The van der Waals surface area contributed by atoms with Crippen LogP contribution in [0, 0.1) is 19.3 Å². The summed E-state index contributed by atoms with van der Waals surface area (Å²) in [5, 5.41) is 15.7. The Labute approximate surface area is 186 Å². The monoisotopic (exact) mass is 463 g/mol. The molecule has 10 heteroatoms. The fourth-order valence-electron chi connectivity index (χ4n) is 3.21. The predicted octanol–water partition coefficient (Wildman–Crippen LogP) is 5.34. The van der Waals surface area contributed by atoms with Gasteiger partial charge in [0.25, 0.3) is 5.91 Å². The lowest BCUT2D eigenvalue weighted by molar-refractivity contribution is -0.114. The number of fused-ring (bicyclic) bond motifs is 1. The van der Waals surface area contributed by atoms with Crippen molar-refractivity contribution in [2.24, 2.45) is 10.1 Å². The zero-order valence-electron chi connectivity index (χ0n) is 15.7. The Morgan fingerprint density at radius 1 is 1.17 bits per heavy atom. The summed E-state index contributed by atoms with van der Waals surface area (Å²) in [4.78, 5) is 16.7. The van der Waals surface area contributed by atoms with E-state index in [0.29, 0.717) is 15.2 Å². The summed E-state index contributed by atoms with van der Waals surface area (Å²) in [5.74, 6) is -0.422. The van der Waals surface area contributed by atoms with Crippen molar-refractivity contribution in [2.45, 2.75) is 13.8 Å². The quantitative estimate of drug-likeness (QED) is 0.609. The number of aliphatic imine (C=N–C) groups is 1. The van der Waals surface area contributed by atoms with Gasteiger partial charge in [-0.1, -0.05) is 23.2 Å². The number of hydrazone groups is 1. The Kier molecular flexibility index (Phi) is 5.37. The van der Waals surface area contributed by atoms with E-state index in [-0.39, 0.29) is 11.4 Å². The molecule has 6 nitrogen and oxygen atoms in total. The van der Waals surface area contributed by atoms with Crippen molar-refractivity contribution < 1.29 is 4.79 Å². The van der Waals surface area contributed by atoms with Crippen molar-refractivity contribution in [1.82, 2.24) is 9.58 Å². The van der Waals surface area contributed by atoms with Gasteiger partial charge in [-0.2, -0.15) is 10.0 Å². The topological polar surface area (TPSA) is 73.8 Å². The third-order valence-electron chi connectivity index (χ3n) is 4.49. The van der Waals surface area contributed by atoms with Crippen LogP contribution in [0.25, 0.3) is 11.8 Å². The number of hydrogen-bond acceptors (Lipinski definition) is 5. The van der Waals surface area contributed by atoms with Crippen LogP contribution < -0.4 is 0 Å². The van der Waals surface area contributed by atoms with Crippen molar-refractivity contribution in [3.8, 4) is 5.69 Å². The average molecular weight is 464 g/mol. The minimum Gasteiger partial charge on any atom is -0.318 e. The van der Waals surface area contributed by atoms with E-state index in [1.807, 2.05) is 42.9 Å². The molecule has 2 aliphatic rings. The number of nitrogens with one attached hydrogen (secondary N) is 1. The fraction of sp³-hybridized carbons (Fsp3) is 0.158. The number of amidine groups is 2. The molecule has 2 aliphatic heterocycles. The van der Waals surface area contributed by atoms with Crippen LogP contribution in [-0.4, -0.2) is 37.1 Å². The van der Waals surface area contributed by atoms with Crippen LogP contribution in [0.3, 0.4) is 0 Å². The van der Waals surface area contributed by atoms with Gasteiger partial charge >= 0.3 is 0 Å². The lowest BCUT2D eigenvalue weighted by Gasteiger charge is -2.20. The van der Waals surface area contributed by atoms with Crippen molar-refractivity contribution in [3.63, 3.8) is 0 Å². The van der Waals surface area contributed by atoms with Crippen LogP contribution in [0.15, 0.2) is 39.9 Å². The van der Waals surface area contributed by atoms with Gasteiger partial charge in [0.1, 0.15) is 0 Å². The van der Waals surface area contributed by atoms with Crippen LogP contribution in [-0.2, 0) is 4.79 Å². The lowest BCUT2D eigenvalue weighted by Crippen LogP contribution is -2.35. The van der Waals surface area contributed by atoms with Gasteiger partial charge in [0.05, 0.1) is 5.57 Å². The molecule has 0 fully saturated rings. The first-order valence-electron chi connectivity index (χ1n) is 8.48. The number of hydrogen-bond donors (Lipinski definition) is 1. The molecule has 0 bridgehead atoms. The normalized spacial score (nSPS) is 17.7. The number of benzene rings is 1. The second-order valence-electron chi connectivity index (χ2n) is 6.38. The van der Waals surface area contributed by atoms with Crippen LogP contribution in [0.1, 0.15) is 17.0 Å². The highest BCUT2D eigenvalue weighted by Gasteiger charge is 2.35. The Hall–Kier alpha value is -2.00. The van der Waals surface area contributed by atoms with Gasteiger partial charge in [-0.3, -0.25) is 10.2 Å². The second-order valence-corrected chi connectivity index (χ2v) is 9.26. The number of rotatable bonds is 2. The highest BCUT2D eigenvalue weighted by atomic mass is 35.5. The van der Waals surface area contributed by atoms with Crippen molar-refractivity contribution in [3.05, 3.63) is 56.8 Å². The predicted molar refractivity (Wildman–Crippen MR) is 124 cm³/mol. The molecule has 0 saturated carbocycles. The minimum atomic E-state index is -0.443. The maximum absolute atomic E-state index is 12.6. The van der Waals surface area contributed by atoms with Crippen molar-refractivity contribution >= 4 is 74.1 Å². The van der Waals surface area contributed by atoms with E-state index in [0.717, 1.165) is 27.0 Å². The number of nitrogens with zero attached hydrogens (tertiary/aromatic N) is 4. The van der Waals surface area contributed by atoms with Gasteiger partial charge in [0.2, 0.25) is 5.17 Å². The van der Waals surface area contributed by atoms with E-state index in [1.165, 1.54) is 28.5 Å². The molecule has 1 amide bonds. The molecule has 2 aromatic rings. The van der Waals surface area contributed by atoms with Gasteiger partial charge in [-0.05, 0) is 67.8 Å². The summed E-state index contributed by atoms with van der Waals surface area (Å²) in [5.41, 5.74) is 3.69. The zero-order chi connectivity index (χ0) is 20.9. The summed E-state index contributed by atoms with van der Waals surface area (Å²) in [6, 6.07) is 7.29. The SMILES string of the molecule is CSC1=NN2C(=N)/C(=C\c3cc(C)n(-c4cc(Cl)cc(Cl)c4)c3C)C(=O)N=C2S1. The highest BCUT2D eigenvalue weighted by molar-refractivity contribution is 8.45. The van der Waals surface area contributed by atoms with Crippen LogP contribution in [0.2, 0.25) is 10.0 Å². The number of thioether (sulfide) groups is 2. The number of carbonyl (C=O) groups is 1. The van der Waals surface area contributed by atoms with E-state index in [4.69, 9.17) is 28.6 Å². The Morgan fingerprint density at radius 3 is 2.52 bits per heavy atom. The molecule has 1 aromatic heterocycles. The van der Waals surface area contributed by atoms with E-state index < -0.39 is 5.91 Å². The summed E-state index contributed by atoms with van der Waals surface area (Å²) >= 11 is 15.1. The maximum Gasteiger partial charge on any atom is 0.283 e. The zero-order valence-corrected chi connectivity index (χ0v) is 18.8. The molecule has 1 N–H and O–H groups in total. The Balaban J connectivity index is 1.77.